The first-order valence-corrected chi connectivity index (χ1v) is 11.0. The van der Waals surface area contributed by atoms with Crippen LogP contribution in [0.5, 0.6) is 0 Å². The van der Waals surface area contributed by atoms with E-state index in [4.69, 9.17) is 5.26 Å². The molecule has 1 aromatic heterocycles. The van der Waals surface area contributed by atoms with Crippen molar-refractivity contribution in [1.29, 1.82) is 5.26 Å². The van der Waals surface area contributed by atoms with E-state index in [1.54, 1.807) is 12.3 Å². The first-order valence-electron chi connectivity index (χ1n) is 9.89. The summed E-state index contributed by atoms with van der Waals surface area (Å²) in [5, 5.41) is 12.5. The fourth-order valence-electron chi connectivity index (χ4n) is 3.84. The lowest BCUT2D eigenvalue weighted by Gasteiger charge is -2.31. The maximum absolute atomic E-state index is 13.8. The van der Waals surface area contributed by atoms with Crippen LogP contribution in [0.3, 0.4) is 0 Å². The predicted molar refractivity (Wildman–Crippen MR) is 114 cm³/mol. The zero-order valence-electron chi connectivity index (χ0n) is 16.4. The molecule has 30 heavy (non-hydrogen) atoms. The molecule has 156 valence electrons. The minimum absolute atomic E-state index is 0.170. The van der Waals surface area contributed by atoms with Crippen molar-refractivity contribution in [2.45, 2.75) is 25.1 Å². The van der Waals surface area contributed by atoms with Crippen molar-refractivity contribution in [3.05, 3.63) is 36.0 Å². The van der Waals surface area contributed by atoms with E-state index in [0.29, 0.717) is 41.1 Å². The van der Waals surface area contributed by atoms with Crippen molar-refractivity contribution < 1.29 is 14.0 Å². The van der Waals surface area contributed by atoms with Crippen LogP contribution in [0.1, 0.15) is 23.2 Å². The molecule has 7 nitrogen and oxygen atoms in total. The summed E-state index contributed by atoms with van der Waals surface area (Å²) in [5.74, 6) is 0.390. The number of benzene rings is 1. The number of carbonyl (C=O) groups excluding carboxylic acids is 2. The van der Waals surface area contributed by atoms with Crippen molar-refractivity contribution in [2.75, 3.05) is 36.2 Å². The fraction of sp³-hybridized carbons (Fsp3) is 0.429. The Morgan fingerprint density at radius 2 is 2.23 bits per heavy atom. The van der Waals surface area contributed by atoms with Gasteiger partial charge in [-0.05, 0) is 37.1 Å². The Morgan fingerprint density at radius 1 is 1.37 bits per heavy atom. The number of anilines is 1. The summed E-state index contributed by atoms with van der Waals surface area (Å²) in [6.45, 7) is 0.947. The second-order valence-corrected chi connectivity index (χ2v) is 8.44. The highest BCUT2D eigenvalue weighted by atomic mass is 32.2. The van der Waals surface area contributed by atoms with E-state index in [9.17, 15) is 14.0 Å². The zero-order chi connectivity index (χ0) is 21.1. The van der Waals surface area contributed by atoms with E-state index in [0.717, 1.165) is 18.7 Å². The van der Waals surface area contributed by atoms with Crippen LogP contribution in [-0.4, -0.2) is 65.2 Å². The molecule has 3 heterocycles. The number of fused-ring (bicyclic) bond motifs is 1. The van der Waals surface area contributed by atoms with Crippen LogP contribution in [0.25, 0.3) is 10.9 Å². The highest BCUT2D eigenvalue weighted by Crippen LogP contribution is 2.27. The van der Waals surface area contributed by atoms with E-state index in [1.807, 2.05) is 23.1 Å². The number of aromatic nitrogens is 1. The van der Waals surface area contributed by atoms with Gasteiger partial charge in [-0.25, -0.2) is 4.39 Å². The normalized spacial score (nSPS) is 21.5. The molecule has 0 aliphatic carbocycles. The molecule has 0 saturated carbocycles. The molecule has 0 radical (unpaired) electrons. The van der Waals surface area contributed by atoms with Crippen molar-refractivity contribution in [3.63, 3.8) is 0 Å². The number of nitrogens with one attached hydrogen (secondary N) is 1. The first kappa shape index (κ1) is 20.4. The van der Waals surface area contributed by atoms with Crippen LogP contribution >= 0.6 is 11.8 Å². The van der Waals surface area contributed by atoms with Crippen molar-refractivity contribution in [1.82, 2.24) is 15.2 Å². The third-order valence-electron chi connectivity index (χ3n) is 5.45. The molecule has 2 amide bonds. The molecule has 2 unspecified atom stereocenters. The molecular formula is C21H22FN5O2S. The Balaban J connectivity index is 1.51. The highest BCUT2D eigenvalue weighted by molar-refractivity contribution is 7.99. The molecule has 2 aromatic rings. The quantitative estimate of drug-likeness (QED) is 0.806. The first-order chi connectivity index (χ1) is 14.6. The molecule has 2 saturated heterocycles. The van der Waals surface area contributed by atoms with Crippen LogP contribution < -0.4 is 10.2 Å². The summed E-state index contributed by atoms with van der Waals surface area (Å²) in [5.41, 5.74) is 1.93. The topological polar surface area (TPSA) is 89.3 Å². The average Bonchev–Trinajstić information content (AvgIpc) is 3.25. The van der Waals surface area contributed by atoms with Crippen molar-refractivity contribution in [3.8, 4) is 6.07 Å². The van der Waals surface area contributed by atoms with Crippen LogP contribution in [0.2, 0.25) is 0 Å². The van der Waals surface area contributed by atoms with Gasteiger partial charge in [0.25, 0.3) is 5.91 Å². The maximum atomic E-state index is 13.8. The third kappa shape index (κ3) is 4.19. The Labute approximate surface area is 178 Å². The second-order valence-electron chi connectivity index (χ2n) is 7.44. The minimum atomic E-state index is -0.849. The number of alkyl halides is 1. The maximum Gasteiger partial charge on any atom is 0.252 e. The van der Waals surface area contributed by atoms with Crippen LogP contribution in [0, 0.1) is 11.3 Å². The van der Waals surface area contributed by atoms with Gasteiger partial charge in [0.15, 0.2) is 0 Å². The highest BCUT2D eigenvalue weighted by Gasteiger charge is 2.29. The number of nitrogens with zero attached hydrogens (tertiary/aromatic N) is 4. The summed E-state index contributed by atoms with van der Waals surface area (Å²) in [6.07, 6.45) is 2.08. The monoisotopic (exact) mass is 427 g/mol. The van der Waals surface area contributed by atoms with Gasteiger partial charge in [0.2, 0.25) is 5.91 Å². The third-order valence-corrected chi connectivity index (χ3v) is 6.46. The molecule has 2 fully saturated rings. The number of halogens is 1. The lowest BCUT2D eigenvalue weighted by atomic mass is 10.0. The largest absolute Gasteiger partial charge is 0.369 e. The van der Waals surface area contributed by atoms with Gasteiger partial charge in [0.1, 0.15) is 12.2 Å². The molecule has 4 rings (SSSR count). The van der Waals surface area contributed by atoms with Crippen LogP contribution in [0.15, 0.2) is 30.5 Å². The van der Waals surface area contributed by atoms with Gasteiger partial charge in [-0.3, -0.25) is 14.6 Å². The Hall–Kier alpha value is -2.86. The van der Waals surface area contributed by atoms with Crippen molar-refractivity contribution in [2.24, 2.45) is 0 Å². The molecule has 1 aromatic carbocycles. The van der Waals surface area contributed by atoms with Gasteiger partial charge in [0.05, 0.1) is 29.6 Å². The number of hydrogen-bond acceptors (Lipinski definition) is 6. The summed E-state index contributed by atoms with van der Waals surface area (Å²) < 4.78 is 13.8. The number of rotatable bonds is 4. The van der Waals surface area contributed by atoms with E-state index in [1.165, 1.54) is 16.7 Å². The molecule has 0 spiro atoms. The van der Waals surface area contributed by atoms with Gasteiger partial charge in [0, 0.05) is 36.1 Å². The van der Waals surface area contributed by atoms with Crippen LogP contribution in [-0.2, 0) is 4.79 Å². The molecule has 1 N–H and O–H groups in total. The minimum Gasteiger partial charge on any atom is -0.369 e. The van der Waals surface area contributed by atoms with Gasteiger partial charge in [-0.2, -0.15) is 5.26 Å². The Kier molecular flexibility index (Phi) is 6.04. The second kappa shape index (κ2) is 8.88. The molecule has 0 bridgehead atoms. The SMILES string of the molecule is N#CC1CSCN1C(=O)CNC(=O)c1ccnc2ccc(N3CCCC(F)C3)cc12. The molecule has 2 atom stereocenters. The van der Waals surface area contributed by atoms with E-state index >= 15 is 0 Å². The number of nitriles is 1. The number of hydrogen-bond donors (Lipinski definition) is 1. The molecule has 2 aliphatic heterocycles. The lowest BCUT2D eigenvalue weighted by Crippen LogP contribution is -2.42. The molecular weight excluding hydrogens is 405 g/mol. The Morgan fingerprint density at radius 3 is 3.03 bits per heavy atom. The van der Waals surface area contributed by atoms with Gasteiger partial charge >= 0.3 is 0 Å². The van der Waals surface area contributed by atoms with E-state index in [2.05, 4.69) is 16.4 Å². The number of pyridine rings is 1. The van der Waals surface area contributed by atoms with E-state index < -0.39 is 12.2 Å². The summed E-state index contributed by atoms with van der Waals surface area (Å²) in [4.78, 5) is 33.0. The zero-order valence-corrected chi connectivity index (χ0v) is 17.2. The summed E-state index contributed by atoms with van der Waals surface area (Å²) in [6, 6.07) is 8.86. The summed E-state index contributed by atoms with van der Waals surface area (Å²) in [7, 11) is 0. The number of thioether (sulfide) groups is 1. The van der Waals surface area contributed by atoms with Crippen molar-refractivity contribution >= 4 is 40.2 Å². The standard InChI is InChI=1S/C21H22FN5O2S/c22-14-2-1-7-26(11-14)15-3-4-19-18(8-15)17(5-6-24-19)21(29)25-10-20(28)27-13-30-12-16(27)9-23/h3-6,8,14,16H,1-2,7,10-13H2,(H,25,29). The Bertz CT molecular complexity index is 1010. The van der Waals surface area contributed by atoms with Gasteiger partial charge in [-0.15, -0.1) is 11.8 Å². The number of piperidine rings is 1. The predicted octanol–water partition coefficient (Wildman–Crippen LogP) is 2.33. The van der Waals surface area contributed by atoms with Gasteiger partial charge in [-0.1, -0.05) is 0 Å². The average molecular weight is 428 g/mol. The smallest absolute Gasteiger partial charge is 0.252 e. The van der Waals surface area contributed by atoms with Crippen LogP contribution in [0.4, 0.5) is 10.1 Å². The molecule has 9 heteroatoms. The van der Waals surface area contributed by atoms with Gasteiger partial charge < -0.3 is 15.1 Å². The van der Waals surface area contributed by atoms with E-state index in [-0.39, 0.29) is 18.4 Å². The fourth-order valence-corrected chi connectivity index (χ4v) is 4.94. The number of carbonyl (C=O) groups is 2. The molecule has 2 aliphatic rings. The summed E-state index contributed by atoms with van der Waals surface area (Å²) >= 11 is 1.52. The number of amides is 2. The lowest BCUT2D eigenvalue weighted by molar-refractivity contribution is -0.129.